The van der Waals surface area contributed by atoms with Crippen LogP contribution in [0.3, 0.4) is 0 Å². The highest BCUT2D eigenvalue weighted by Gasteiger charge is 2.04. The van der Waals surface area contributed by atoms with Crippen LogP contribution in [0.5, 0.6) is 5.75 Å². The molecule has 2 aromatic heterocycles. The van der Waals surface area contributed by atoms with Crippen LogP contribution < -0.4 is 10.1 Å². The summed E-state index contributed by atoms with van der Waals surface area (Å²) in [6.07, 6.45) is 6.45. The standard InChI is InChI=1S/C12H12F2N4OS/c1-20-11-7-15-6-10(18-11)17-4-8-2-3-9(5-16-8)19-12(13)14/h2-3,5-7,12H,4H2,1H3,(H,17,18). The van der Waals surface area contributed by atoms with E-state index in [1.54, 1.807) is 18.5 Å². The molecule has 0 aromatic carbocycles. The summed E-state index contributed by atoms with van der Waals surface area (Å²) in [7, 11) is 0. The zero-order chi connectivity index (χ0) is 14.4. The van der Waals surface area contributed by atoms with Crippen molar-refractivity contribution in [1.29, 1.82) is 0 Å². The first-order valence-electron chi connectivity index (χ1n) is 5.67. The highest BCUT2D eigenvalue weighted by molar-refractivity contribution is 7.98. The van der Waals surface area contributed by atoms with Gasteiger partial charge in [-0.1, -0.05) is 0 Å². The van der Waals surface area contributed by atoms with E-state index < -0.39 is 6.61 Å². The highest BCUT2D eigenvalue weighted by atomic mass is 32.2. The van der Waals surface area contributed by atoms with Crippen molar-refractivity contribution in [2.45, 2.75) is 18.2 Å². The Morgan fingerprint density at radius 1 is 1.30 bits per heavy atom. The Labute approximate surface area is 118 Å². The van der Waals surface area contributed by atoms with Gasteiger partial charge < -0.3 is 10.1 Å². The van der Waals surface area contributed by atoms with Gasteiger partial charge in [0.2, 0.25) is 0 Å². The van der Waals surface area contributed by atoms with Crippen molar-refractivity contribution < 1.29 is 13.5 Å². The second-order valence-corrected chi connectivity index (χ2v) is 4.49. The molecule has 0 aliphatic heterocycles. The van der Waals surface area contributed by atoms with Gasteiger partial charge in [0.25, 0.3) is 0 Å². The first-order chi connectivity index (χ1) is 9.67. The molecule has 8 heteroatoms. The summed E-state index contributed by atoms with van der Waals surface area (Å²) in [6, 6.07) is 3.05. The van der Waals surface area contributed by atoms with E-state index in [2.05, 4.69) is 25.0 Å². The van der Waals surface area contributed by atoms with Crippen molar-refractivity contribution in [1.82, 2.24) is 15.0 Å². The zero-order valence-corrected chi connectivity index (χ0v) is 11.4. The molecule has 0 fully saturated rings. The quantitative estimate of drug-likeness (QED) is 0.828. The molecule has 5 nitrogen and oxygen atoms in total. The normalized spacial score (nSPS) is 10.6. The summed E-state index contributed by atoms with van der Waals surface area (Å²) in [5.41, 5.74) is 0.683. The van der Waals surface area contributed by atoms with Gasteiger partial charge in [0.05, 0.1) is 30.8 Å². The van der Waals surface area contributed by atoms with E-state index in [1.165, 1.54) is 24.0 Å². The number of nitrogens with one attached hydrogen (secondary N) is 1. The summed E-state index contributed by atoms with van der Waals surface area (Å²) in [5.74, 6) is 0.666. The number of anilines is 1. The minimum absolute atomic E-state index is 0.0351. The molecule has 0 saturated heterocycles. The number of hydrogen-bond acceptors (Lipinski definition) is 6. The number of aromatic nitrogens is 3. The predicted molar refractivity (Wildman–Crippen MR) is 72.0 cm³/mol. The van der Waals surface area contributed by atoms with Gasteiger partial charge in [-0.3, -0.25) is 9.97 Å². The van der Waals surface area contributed by atoms with E-state index in [-0.39, 0.29) is 5.75 Å². The van der Waals surface area contributed by atoms with Crippen LogP contribution in [0.25, 0.3) is 0 Å². The summed E-state index contributed by atoms with van der Waals surface area (Å²) < 4.78 is 28.2. The number of halogens is 2. The van der Waals surface area contributed by atoms with Gasteiger partial charge >= 0.3 is 6.61 Å². The Balaban J connectivity index is 1.93. The molecule has 2 rings (SSSR count). The molecule has 0 aliphatic rings. The molecule has 0 radical (unpaired) electrons. The molecule has 0 amide bonds. The monoisotopic (exact) mass is 298 g/mol. The van der Waals surface area contributed by atoms with Gasteiger partial charge in [0, 0.05) is 0 Å². The number of nitrogens with zero attached hydrogens (tertiary/aromatic N) is 3. The van der Waals surface area contributed by atoms with E-state index in [9.17, 15) is 8.78 Å². The summed E-state index contributed by atoms with van der Waals surface area (Å²) in [5, 5.41) is 3.87. The van der Waals surface area contributed by atoms with Gasteiger partial charge in [-0.25, -0.2) is 4.98 Å². The maximum atomic E-state index is 12.0. The fourth-order valence-electron chi connectivity index (χ4n) is 1.40. The van der Waals surface area contributed by atoms with Crippen LogP contribution in [0, 0.1) is 0 Å². The molecule has 0 saturated carbocycles. The number of alkyl halides is 2. The van der Waals surface area contributed by atoms with Crippen LogP contribution in [0.2, 0.25) is 0 Å². The molecule has 0 unspecified atom stereocenters. The first-order valence-corrected chi connectivity index (χ1v) is 6.89. The lowest BCUT2D eigenvalue weighted by molar-refractivity contribution is -0.0500. The van der Waals surface area contributed by atoms with E-state index >= 15 is 0 Å². The number of ether oxygens (including phenoxy) is 1. The summed E-state index contributed by atoms with van der Waals surface area (Å²) >= 11 is 1.50. The van der Waals surface area contributed by atoms with E-state index in [0.717, 1.165) is 5.03 Å². The van der Waals surface area contributed by atoms with Crippen LogP contribution in [-0.2, 0) is 6.54 Å². The zero-order valence-electron chi connectivity index (χ0n) is 10.6. The van der Waals surface area contributed by atoms with Gasteiger partial charge in [0.15, 0.2) is 0 Å². The van der Waals surface area contributed by atoms with Crippen LogP contribution in [0.1, 0.15) is 5.69 Å². The Hall–Kier alpha value is -1.96. The lowest BCUT2D eigenvalue weighted by Gasteiger charge is -2.07. The average molecular weight is 298 g/mol. The Morgan fingerprint density at radius 3 is 2.80 bits per heavy atom. The second-order valence-electron chi connectivity index (χ2n) is 3.66. The Kier molecular flexibility index (Phi) is 5.05. The third kappa shape index (κ3) is 4.30. The molecule has 20 heavy (non-hydrogen) atoms. The number of rotatable bonds is 6. The number of thioether (sulfide) groups is 1. The third-order valence-electron chi connectivity index (χ3n) is 2.29. The van der Waals surface area contributed by atoms with Crippen molar-refractivity contribution in [3.63, 3.8) is 0 Å². The Bertz CT molecular complexity index is 553. The molecule has 2 heterocycles. The minimum Gasteiger partial charge on any atom is -0.433 e. The van der Waals surface area contributed by atoms with Crippen molar-refractivity contribution in [2.75, 3.05) is 11.6 Å². The van der Waals surface area contributed by atoms with Crippen LogP contribution >= 0.6 is 11.8 Å². The molecule has 2 aromatic rings. The molecule has 0 atom stereocenters. The maximum Gasteiger partial charge on any atom is 0.387 e. The van der Waals surface area contributed by atoms with Gasteiger partial charge in [-0.05, 0) is 18.4 Å². The fourth-order valence-corrected chi connectivity index (χ4v) is 1.76. The van der Waals surface area contributed by atoms with E-state index in [0.29, 0.717) is 18.1 Å². The molecule has 1 N–H and O–H groups in total. The van der Waals surface area contributed by atoms with Crippen LogP contribution in [-0.4, -0.2) is 27.8 Å². The van der Waals surface area contributed by atoms with Crippen molar-refractivity contribution in [3.05, 3.63) is 36.4 Å². The van der Waals surface area contributed by atoms with E-state index in [1.807, 2.05) is 6.26 Å². The van der Waals surface area contributed by atoms with Gasteiger partial charge in [-0.2, -0.15) is 8.78 Å². The van der Waals surface area contributed by atoms with Crippen molar-refractivity contribution in [3.8, 4) is 5.75 Å². The van der Waals surface area contributed by atoms with Crippen LogP contribution in [0.4, 0.5) is 14.6 Å². The number of pyridine rings is 1. The van der Waals surface area contributed by atoms with Crippen molar-refractivity contribution >= 4 is 17.6 Å². The molecule has 0 spiro atoms. The molecule has 0 bridgehead atoms. The lowest BCUT2D eigenvalue weighted by Crippen LogP contribution is -2.05. The fraction of sp³-hybridized carbons (Fsp3) is 0.250. The van der Waals surface area contributed by atoms with E-state index in [4.69, 9.17) is 0 Å². The number of hydrogen-bond donors (Lipinski definition) is 1. The third-order valence-corrected chi connectivity index (χ3v) is 2.91. The minimum atomic E-state index is -2.84. The predicted octanol–water partition coefficient (Wildman–Crippen LogP) is 2.81. The largest absolute Gasteiger partial charge is 0.433 e. The second kappa shape index (κ2) is 6.99. The smallest absolute Gasteiger partial charge is 0.387 e. The lowest BCUT2D eigenvalue weighted by atomic mass is 10.3. The van der Waals surface area contributed by atoms with Crippen molar-refractivity contribution in [2.24, 2.45) is 0 Å². The average Bonchev–Trinajstić information content (AvgIpc) is 2.46. The SMILES string of the molecule is CSc1cncc(NCc2ccc(OC(F)F)cn2)n1. The maximum absolute atomic E-state index is 12.0. The molecular weight excluding hydrogens is 286 g/mol. The summed E-state index contributed by atoms with van der Waals surface area (Å²) in [4.78, 5) is 12.4. The first kappa shape index (κ1) is 14.4. The Morgan fingerprint density at radius 2 is 2.15 bits per heavy atom. The molecular formula is C12H12F2N4OS. The highest BCUT2D eigenvalue weighted by Crippen LogP contribution is 2.14. The summed E-state index contributed by atoms with van der Waals surface area (Å²) in [6.45, 7) is -2.42. The van der Waals surface area contributed by atoms with Gasteiger partial charge in [-0.15, -0.1) is 11.8 Å². The molecule has 0 aliphatic carbocycles. The molecule has 106 valence electrons. The topological polar surface area (TPSA) is 59.9 Å². The van der Waals surface area contributed by atoms with Gasteiger partial charge in [0.1, 0.15) is 16.6 Å². The van der Waals surface area contributed by atoms with Crippen LogP contribution in [0.15, 0.2) is 35.7 Å².